The highest BCUT2D eigenvalue weighted by Crippen LogP contribution is 2.33. The van der Waals surface area contributed by atoms with Crippen molar-refractivity contribution in [2.24, 2.45) is 5.10 Å². The summed E-state index contributed by atoms with van der Waals surface area (Å²) in [6.07, 6.45) is 1.73. The van der Waals surface area contributed by atoms with Crippen LogP contribution in [0.3, 0.4) is 0 Å². The molecule has 152 valence electrons. The van der Waals surface area contributed by atoms with Crippen LogP contribution in [0.2, 0.25) is 0 Å². The Bertz CT molecular complexity index is 1120. The molecule has 0 bridgehead atoms. The zero-order valence-corrected chi connectivity index (χ0v) is 16.7. The lowest BCUT2D eigenvalue weighted by Crippen LogP contribution is -2.09. The molecular formula is C26H21N3O2. The zero-order valence-electron chi connectivity index (χ0n) is 16.7. The summed E-state index contributed by atoms with van der Waals surface area (Å²) in [5.41, 5.74) is 8.04. The molecule has 0 aliphatic rings. The molecule has 0 spiro atoms. The highest BCUT2D eigenvalue weighted by Gasteiger charge is 2.11. The summed E-state index contributed by atoms with van der Waals surface area (Å²) in [5, 5.41) is 13.2. The molecule has 0 fully saturated rings. The number of hydrazone groups is 1. The van der Waals surface area contributed by atoms with E-state index in [1.807, 2.05) is 48.5 Å². The lowest BCUT2D eigenvalue weighted by molar-refractivity contribution is 0.0697. The first kappa shape index (κ1) is 19.9. The van der Waals surface area contributed by atoms with E-state index in [0.717, 1.165) is 28.3 Å². The molecule has 0 aromatic heterocycles. The van der Waals surface area contributed by atoms with E-state index in [-0.39, 0.29) is 5.56 Å². The second-order valence-corrected chi connectivity index (χ2v) is 6.85. The number of nitrogens with one attached hydrogen (secondary N) is 1. The van der Waals surface area contributed by atoms with Crippen molar-refractivity contribution in [1.82, 2.24) is 0 Å². The molecule has 31 heavy (non-hydrogen) atoms. The molecule has 4 aromatic rings. The second kappa shape index (κ2) is 9.41. The van der Waals surface area contributed by atoms with Crippen LogP contribution in [0.5, 0.6) is 0 Å². The molecule has 0 saturated carbocycles. The van der Waals surface area contributed by atoms with Gasteiger partial charge in [0.05, 0.1) is 17.5 Å². The molecule has 5 nitrogen and oxygen atoms in total. The number of nitrogens with zero attached hydrogens (tertiary/aromatic N) is 2. The van der Waals surface area contributed by atoms with Crippen LogP contribution in [-0.4, -0.2) is 17.3 Å². The number of benzene rings is 4. The summed E-state index contributed by atoms with van der Waals surface area (Å²) in [5.74, 6) is -0.949. The maximum atomic E-state index is 10.9. The van der Waals surface area contributed by atoms with Crippen molar-refractivity contribution in [2.75, 3.05) is 10.3 Å². The lowest BCUT2D eigenvalue weighted by atomic mass is 10.1. The molecule has 0 amide bonds. The number of para-hydroxylation sites is 2. The van der Waals surface area contributed by atoms with Gasteiger partial charge >= 0.3 is 5.97 Å². The Hall–Kier alpha value is -4.38. The van der Waals surface area contributed by atoms with Crippen LogP contribution in [0.1, 0.15) is 15.9 Å². The van der Waals surface area contributed by atoms with Gasteiger partial charge in [-0.3, -0.25) is 5.43 Å². The molecule has 2 N–H and O–H groups in total. The van der Waals surface area contributed by atoms with Crippen molar-refractivity contribution in [1.29, 1.82) is 0 Å². The normalized spacial score (nSPS) is 10.7. The van der Waals surface area contributed by atoms with E-state index in [4.69, 9.17) is 5.11 Å². The van der Waals surface area contributed by atoms with Crippen molar-refractivity contribution in [3.05, 3.63) is 120 Å². The molecule has 0 radical (unpaired) electrons. The number of hydrogen-bond acceptors (Lipinski definition) is 4. The Kier molecular flexibility index (Phi) is 6.05. The third kappa shape index (κ3) is 4.97. The molecule has 4 aromatic carbocycles. The predicted octanol–water partition coefficient (Wildman–Crippen LogP) is 6.30. The van der Waals surface area contributed by atoms with Crippen LogP contribution in [0.25, 0.3) is 0 Å². The Morgan fingerprint density at radius 3 is 1.74 bits per heavy atom. The molecule has 0 aliphatic heterocycles. The van der Waals surface area contributed by atoms with E-state index in [0.29, 0.717) is 0 Å². The van der Waals surface area contributed by atoms with Gasteiger partial charge in [0.1, 0.15) is 0 Å². The average Bonchev–Trinajstić information content (AvgIpc) is 2.82. The minimum absolute atomic E-state index is 0.242. The topological polar surface area (TPSA) is 64.9 Å². The SMILES string of the molecule is O=C(O)c1ccc(N/N=C\c2ccc(N(c3ccccc3)c3ccccc3)cc2)cc1. The summed E-state index contributed by atoms with van der Waals surface area (Å²) in [4.78, 5) is 13.1. The zero-order chi connectivity index (χ0) is 21.5. The van der Waals surface area contributed by atoms with Crippen molar-refractivity contribution in [2.45, 2.75) is 0 Å². The fraction of sp³-hybridized carbons (Fsp3) is 0. The smallest absolute Gasteiger partial charge is 0.335 e. The van der Waals surface area contributed by atoms with E-state index in [1.165, 1.54) is 12.1 Å². The fourth-order valence-corrected chi connectivity index (χ4v) is 3.18. The van der Waals surface area contributed by atoms with Gasteiger partial charge in [0, 0.05) is 17.1 Å². The Morgan fingerprint density at radius 1 is 0.710 bits per heavy atom. The molecule has 0 heterocycles. The maximum Gasteiger partial charge on any atom is 0.335 e. The van der Waals surface area contributed by atoms with E-state index in [9.17, 15) is 4.79 Å². The van der Waals surface area contributed by atoms with E-state index in [1.54, 1.807) is 18.3 Å². The van der Waals surface area contributed by atoms with Crippen molar-refractivity contribution in [3.8, 4) is 0 Å². The summed E-state index contributed by atoms with van der Waals surface area (Å²) >= 11 is 0. The fourth-order valence-electron chi connectivity index (χ4n) is 3.18. The number of anilines is 4. The van der Waals surface area contributed by atoms with Crippen LogP contribution in [0, 0.1) is 0 Å². The van der Waals surface area contributed by atoms with Gasteiger partial charge in [0.25, 0.3) is 0 Å². The standard InChI is InChI=1S/C26H21N3O2/c30-26(31)21-13-15-22(16-14-21)28-27-19-20-11-17-25(18-12-20)29(23-7-3-1-4-8-23)24-9-5-2-6-10-24/h1-19,28H,(H,30,31)/b27-19-. The lowest BCUT2D eigenvalue weighted by Gasteiger charge is -2.25. The van der Waals surface area contributed by atoms with Crippen LogP contribution < -0.4 is 10.3 Å². The van der Waals surface area contributed by atoms with E-state index < -0.39 is 5.97 Å². The third-order valence-corrected chi connectivity index (χ3v) is 4.72. The first-order chi connectivity index (χ1) is 15.2. The Balaban J connectivity index is 1.50. The number of aromatic carboxylic acids is 1. The van der Waals surface area contributed by atoms with Gasteiger partial charge in [-0.25, -0.2) is 4.79 Å². The van der Waals surface area contributed by atoms with Gasteiger partial charge in [0.15, 0.2) is 0 Å². The predicted molar refractivity (Wildman–Crippen MR) is 126 cm³/mol. The molecule has 0 atom stereocenters. The quantitative estimate of drug-likeness (QED) is 0.279. The van der Waals surface area contributed by atoms with Crippen LogP contribution in [0.4, 0.5) is 22.7 Å². The van der Waals surface area contributed by atoms with Gasteiger partial charge in [-0.05, 0) is 66.2 Å². The van der Waals surface area contributed by atoms with Gasteiger partial charge in [-0.2, -0.15) is 5.10 Å². The largest absolute Gasteiger partial charge is 0.478 e. The van der Waals surface area contributed by atoms with Crippen LogP contribution in [0.15, 0.2) is 114 Å². The summed E-state index contributed by atoms with van der Waals surface area (Å²) in [6, 6.07) is 35.0. The molecule has 5 heteroatoms. The second-order valence-electron chi connectivity index (χ2n) is 6.85. The first-order valence-corrected chi connectivity index (χ1v) is 9.83. The first-order valence-electron chi connectivity index (χ1n) is 9.83. The molecule has 4 rings (SSSR count). The molecule has 0 saturated heterocycles. The number of carboxylic acids is 1. The number of hydrogen-bond donors (Lipinski definition) is 2. The minimum Gasteiger partial charge on any atom is -0.478 e. The third-order valence-electron chi connectivity index (χ3n) is 4.72. The van der Waals surface area contributed by atoms with Gasteiger partial charge in [-0.15, -0.1) is 0 Å². The summed E-state index contributed by atoms with van der Waals surface area (Å²) in [6.45, 7) is 0. The average molecular weight is 407 g/mol. The van der Waals surface area contributed by atoms with Gasteiger partial charge in [-0.1, -0.05) is 48.5 Å². The number of carboxylic acid groups (broad SMARTS) is 1. The van der Waals surface area contributed by atoms with Crippen molar-refractivity contribution < 1.29 is 9.90 Å². The maximum absolute atomic E-state index is 10.9. The monoisotopic (exact) mass is 407 g/mol. The van der Waals surface area contributed by atoms with E-state index in [2.05, 4.69) is 51.8 Å². The summed E-state index contributed by atoms with van der Waals surface area (Å²) in [7, 11) is 0. The number of carbonyl (C=O) groups is 1. The molecular weight excluding hydrogens is 386 g/mol. The highest BCUT2D eigenvalue weighted by molar-refractivity contribution is 5.88. The van der Waals surface area contributed by atoms with Crippen molar-refractivity contribution in [3.63, 3.8) is 0 Å². The van der Waals surface area contributed by atoms with Gasteiger partial charge in [0.2, 0.25) is 0 Å². The Labute approximate surface area is 180 Å². The van der Waals surface area contributed by atoms with Crippen LogP contribution >= 0.6 is 0 Å². The highest BCUT2D eigenvalue weighted by atomic mass is 16.4. The van der Waals surface area contributed by atoms with Crippen molar-refractivity contribution >= 4 is 34.9 Å². The van der Waals surface area contributed by atoms with Crippen LogP contribution in [-0.2, 0) is 0 Å². The van der Waals surface area contributed by atoms with E-state index >= 15 is 0 Å². The minimum atomic E-state index is -0.949. The molecule has 0 unspecified atom stereocenters. The number of rotatable bonds is 7. The molecule has 0 aliphatic carbocycles. The van der Waals surface area contributed by atoms with Gasteiger partial charge < -0.3 is 10.0 Å². The summed E-state index contributed by atoms with van der Waals surface area (Å²) < 4.78 is 0. The Morgan fingerprint density at radius 2 is 1.23 bits per heavy atom.